The minimum Gasteiger partial charge on any atom is -0.343 e. The standard InChI is InChI=1S/C18H20N4O4S/c1-22(2)27(25,26)16-10-8-15(9-11-16)18(24)19-13-17(23)21-20-12-14-6-4-3-5-7-14/h3-12H,13H2,1-2H3,(H,19,24)(H,21,23)/b20-12+. The molecule has 0 heterocycles. The average molecular weight is 388 g/mol. The Morgan fingerprint density at radius 1 is 1.04 bits per heavy atom. The van der Waals surface area contributed by atoms with Crippen molar-refractivity contribution in [3.05, 3.63) is 65.7 Å². The van der Waals surface area contributed by atoms with Crippen LogP contribution in [0.4, 0.5) is 0 Å². The van der Waals surface area contributed by atoms with E-state index >= 15 is 0 Å². The number of nitrogens with zero attached hydrogens (tertiary/aromatic N) is 2. The minimum atomic E-state index is -3.56. The van der Waals surface area contributed by atoms with E-state index in [9.17, 15) is 18.0 Å². The van der Waals surface area contributed by atoms with Crippen LogP contribution in [0.15, 0.2) is 64.6 Å². The summed E-state index contributed by atoms with van der Waals surface area (Å²) in [6, 6.07) is 14.7. The zero-order chi connectivity index (χ0) is 19.9. The number of sulfonamides is 1. The molecule has 2 aromatic carbocycles. The Morgan fingerprint density at radius 2 is 1.67 bits per heavy atom. The Kier molecular flexibility index (Phi) is 6.80. The van der Waals surface area contributed by atoms with E-state index in [0.29, 0.717) is 0 Å². The summed E-state index contributed by atoms with van der Waals surface area (Å²) in [5.74, 6) is -0.978. The number of amides is 2. The van der Waals surface area contributed by atoms with E-state index in [1.165, 1.54) is 44.6 Å². The lowest BCUT2D eigenvalue weighted by Gasteiger charge is -2.11. The van der Waals surface area contributed by atoms with Crippen molar-refractivity contribution in [3.8, 4) is 0 Å². The second kappa shape index (κ2) is 9.06. The molecule has 2 aromatic rings. The molecule has 0 aliphatic rings. The Morgan fingerprint density at radius 3 is 2.26 bits per heavy atom. The van der Waals surface area contributed by atoms with Gasteiger partial charge >= 0.3 is 0 Å². The van der Waals surface area contributed by atoms with Crippen molar-refractivity contribution >= 4 is 28.1 Å². The lowest BCUT2D eigenvalue weighted by atomic mass is 10.2. The number of hydrazone groups is 1. The lowest BCUT2D eigenvalue weighted by Crippen LogP contribution is -2.34. The number of rotatable bonds is 7. The molecular formula is C18H20N4O4S. The van der Waals surface area contributed by atoms with Gasteiger partial charge in [0.15, 0.2) is 0 Å². The maximum atomic E-state index is 12.0. The topological polar surface area (TPSA) is 108 Å². The van der Waals surface area contributed by atoms with Crippen LogP contribution in [0.1, 0.15) is 15.9 Å². The molecular weight excluding hydrogens is 368 g/mol. The fourth-order valence-electron chi connectivity index (χ4n) is 2.01. The van der Waals surface area contributed by atoms with Crippen LogP contribution in [0.3, 0.4) is 0 Å². The Labute approximate surface area is 157 Å². The number of hydrogen-bond acceptors (Lipinski definition) is 5. The molecule has 0 spiro atoms. The minimum absolute atomic E-state index is 0.0806. The van der Waals surface area contributed by atoms with Gasteiger partial charge in [-0.15, -0.1) is 0 Å². The third-order valence-electron chi connectivity index (χ3n) is 3.51. The van der Waals surface area contributed by atoms with Crippen molar-refractivity contribution in [2.45, 2.75) is 4.90 Å². The Balaban J connectivity index is 1.86. The van der Waals surface area contributed by atoms with E-state index in [2.05, 4.69) is 15.8 Å². The van der Waals surface area contributed by atoms with Crippen molar-refractivity contribution in [1.29, 1.82) is 0 Å². The van der Waals surface area contributed by atoms with E-state index in [-0.39, 0.29) is 17.0 Å². The van der Waals surface area contributed by atoms with Gasteiger partial charge in [0.2, 0.25) is 10.0 Å². The van der Waals surface area contributed by atoms with Gasteiger partial charge in [-0.05, 0) is 29.8 Å². The summed E-state index contributed by atoms with van der Waals surface area (Å²) >= 11 is 0. The second-order valence-corrected chi connectivity index (χ2v) is 7.85. The van der Waals surface area contributed by atoms with Crippen LogP contribution >= 0.6 is 0 Å². The summed E-state index contributed by atoms with van der Waals surface area (Å²) in [6.45, 7) is -0.261. The summed E-state index contributed by atoms with van der Waals surface area (Å²) in [5.41, 5.74) is 3.38. The zero-order valence-corrected chi connectivity index (χ0v) is 15.7. The van der Waals surface area contributed by atoms with E-state index < -0.39 is 21.8 Å². The van der Waals surface area contributed by atoms with E-state index in [1.54, 1.807) is 0 Å². The number of benzene rings is 2. The molecule has 0 atom stereocenters. The first-order valence-electron chi connectivity index (χ1n) is 7.98. The van der Waals surface area contributed by atoms with Gasteiger partial charge in [0.05, 0.1) is 17.7 Å². The maximum Gasteiger partial charge on any atom is 0.259 e. The SMILES string of the molecule is CN(C)S(=O)(=O)c1ccc(C(=O)NCC(=O)N/N=C/c2ccccc2)cc1. The largest absolute Gasteiger partial charge is 0.343 e. The number of nitrogens with one attached hydrogen (secondary N) is 2. The van der Waals surface area contributed by atoms with Gasteiger partial charge in [0.1, 0.15) is 0 Å². The van der Waals surface area contributed by atoms with E-state index in [4.69, 9.17) is 0 Å². The highest BCUT2D eigenvalue weighted by atomic mass is 32.2. The predicted molar refractivity (Wildman–Crippen MR) is 102 cm³/mol. The van der Waals surface area contributed by atoms with Crippen molar-refractivity contribution in [3.63, 3.8) is 0 Å². The fraction of sp³-hybridized carbons (Fsp3) is 0.167. The van der Waals surface area contributed by atoms with Crippen LogP contribution in [0.5, 0.6) is 0 Å². The molecule has 2 amide bonds. The molecule has 0 bridgehead atoms. The molecule has 142 valence electrons. The smallest absolute Gasteiger partial charge is 0.259 e. The van der Waals surface area contributed by atoms with Crippen molar-refractivity contribution < 1.29 is 18.0 Å². The average Bonchev–Trinajstić information content (AvgIpc) is 2.67. The molecule has 27 heavy (non-hydrogen) atoms. The molecule has 0 fully saturated rings. The highest BCUT2D eigenvalue weighted by Crippen LogP contribution is 2.13. The summed E-state index contributed by atoms with van der Waals surface area (Å²) in [5, 5.41) is 6.24. The quantitative estimate of drug-likeness (QED) is 0.541. The van der Waals surface area contributed by atoms with Gasteiger partial charge < -0.3 is 5.32 Å². The molecule has 2 rings (SSSR count). The molecule has 0 saturated heterocycles. The third kappa shape index (κ3) is 5.73. The first kappa shape index (κ1) is 20.3. The number of hydrogen-bond donors (Lipinski definition) is 2. The van der Waals surface area contributed by atoms with Crippen molar-refractivity contribution in [2.24, 2.45) is 5.10 Å². The van der Waals surface area contributed by atoms with Crippen molar-refractivity contribution in [2.75, 3.05) is 20.6 Å². The molecule has 0 unspecified atom stereocenters. The highest BCUT2D eigenvalue weighted by molar-refractivity contribution is 7.89. The zero-order valence-electron chi connectivity index (χ0n) is 14.9. The number of carbonyl (C=O) groups excluding carboxylic acids is 2. The molecule has 0 aromatic heterocycles. The van der Waals surface area contributed by atoms with Crippen molar-refractivity contribution in [1.82, 2.24) is 15.0 Å². The van der Waals surface area contributed by atoms with Crippen LogP contribution in [-0.2, 0) is 14.8 Å². The summed E-state index contributed by atoms with van der Waals surface area (Å²) in [4.78, 5) is 23.8. The number of carbonyl (C=O) groups is 2. The van der Waals surface area contributed by atoms with Gasteiger partial charge in [-0.3, -0.25) is 9.59 Å². The Bertz CT molecular complexity index is 924. The highest BCUT2D eigenvalue weighted by Gasteiger charge is 2.17. The van der Waals surface area contributed by atoms with Crippen LogP contribution in [0.2, 0.25) is 0 Å². The van der Waals surface area contributed by atoms with Gasteiger partial charge in [-0.2, -0.15) is 5.10 Å². The van der Waals surface area contributed by atoms with Gasteiger partial charge in [-0.1, -0.05) is 30.3 Å². The summed E-state index contributed by atoms with van der Waals surface area (Å²) in [6.07, 6.45) is 1.49. The first-order chi connectivity index (χ1) is 12.8. The van der Waals surface area contributed by atoms with Gasteiger partial charge in [0, 0.05) is 19.7 Å². The first-order valence-corrected chi connectivity index (χ1v) is 9.42. The van der Waals surface area contributed by atoms with Crippen LogP contribution in [-0.4, -0.2) is 51.4 Å². The molecule has 0 aliphatic heterocycles. The molecule has 2 N–H and O–H groups in total. The normalized spacial score (nSPS) is 11.5. The van der Waals surface area contributed by atoms with Crippen LogP contribution in [0, 0.1) is 0 Å². The Hall–Kier alpha value is -3.04. The van der Waals surface area contributed by atoms with E-state index in [0.717, 1.165) is 9.87 Å². The molecule has 0 saturated carbocycles. The lowest BCUT2D eigenvalue weighted by molar-refractivity contribution is -0.120. The summed E-state index contributed by atoms with van der Waals surface area (Å²) in [7, 11) is -0.706. The molecule has 9 heteroatoms. The van der Waals surface area contributed by atoms with Crippen LogP contribution < -0.4 is 10.7 Å². The summed E-state index contributed by atoms with van der Waals surface area (Å²) < 4.78 is 25.1. The molecule has 8 nitrogen and oxygen atoms in total. The predicted octanol–water partition coefficient (Wildman–Crippen LogP) is 0.817. The maximum absolute atomic E-state index is 12.0. The third-order valence-corrected chi connectivity index (χ3v) is 5.34. The van der Waals surface area contributed by atoms with Gasteiger partial charge in [-0.25, -0.2) is 18.1 Å². The molecule has 0 radical (unpaired) electrons. The van der Waals surface area contributed by atoms with E-state index in [1.807, 2.05) is 30.3 Å². The monoisotopic (exact) mass is 388 g/mol. The fourth-order valence-corrected chi connectivity index (χ4v) is 2.91. The second-order valence-electron chi connectivity index (χ2n) is 5.70. The molecule has 0 aliphatic carbocycles. The van der Waals surface area contributed by atoms with Crippen LogP contribution in [0.25, 0.3) is 0 Å². The van der Waals surface area contributed by atoms with Gasteiger partial charge in [0.25, 0.3) is 11.8 Å².